The minimum absolute atomic E-state index is 0.0315. The molecule has 30 heavy (non-hydrogen) atoms. The van der Waals surface area contributed by atoms with E-state index in [4.69, 9.17) is 16.3 Å². The highest BCUT2D eigenvalue weighted by Crippen LogP contribution is 2.20. The summed E-state index contributed by atoms with van der Waals surface area (Å²) in [6, 6.07) is 12.4. The molecule has 0 aliphatic heterocycles. The summed E-state index contributed by atoms with van der Waals surface area (Å²) >= 11 is 6.30. The van der Waals surface area contributed by atoms with Crippen LogP contribution in [0.5, 0.6) is 5.75 Å². The van der Waals surface area contributed by atoms with E-state index in [1.165, 1.54) is 4.90 Å². The van der Waals surface area contributed by atoms with E-state index in [0.717, 1.165) is 23.1 Å². The zero-order valence-corrected chi connectivity index (χ0v) is 19.1. The number of hydrogen-bond acceptors (Lipinski definition) is 3. The Balaban J connectivity index is 2.18. The summed E-state index contributed by atoms with van der Waals surface area (Å²) in [7, 11) is 0. The van der Waals surface area contributed by atoms with Gasteiger partial charge in [0, 0.05) is 17.6 Å². The van der Waals surface area contributed by atoms with Gasteiger partial charge in [0.05, 0.1) is 0 Å². The first kappa shape index (κ1) is 23.7. The average Bonchev–Trinajstić information content (AvgIpc) is 2.73. The lowest BCUT2D eigenvalue weighted by molar-refractivity contribution is -0.142. The van der Waals surface area contributed by atoms with E-state index in [0.29, 0.717) is 10.8 Å². The second-order valence-corrected chi connectivity index (χ2v) is 8.05. The quantitative estimate of drug-likeness (QED) is 0.629. The topological polar surface area (TPSA) is 58.6 Å². The second-order valence-electron chi connectivity index (χ2n) is 7.64. The van der Waals surface area contributed by atoms with Crippen LogP contribution in [0, 0.1) is 13.8 Å². The van der Waals surface area contributed by atoms with Gasteiger partial charge in [-0.1, -0.05) is 42.8 Å². The summed E-state index contributed by atoms with van der Waals surface area (Å²) in [5.74, 6) is 0.150. The van der Waals surface area contributed by atoms with E-state index < -0.39 is 6.04 Å². The molecule has 0 fully saturated rings. The number of halogens is 1. The van der Waals surface area contributed by atoms with E-state index in [1.54, 1.807) is 13.0 Å². The number of ether oxygens (including phenoxy) is 1. The fourth-order valence-corrected chi connectivity index (χ4v) is 3.09. The van der Waals surface area contributed by atoms with Gasteiger partial charge in [0.1, 0.15) is 11.8 Å². The van der Waals surface area contributed by atoms with Gasteiger partial charge in [-0.05, 0) is 69.0 Å². The van der Waals surface area contributed by atoms with Crippen LogP contribution in [0.25, 0.3) is 0 Å². The molecule has 0 aliphatic rings. The maximum atomic E-state index is 13.1. The number of hydrogen-bond donors (Lipinski definition) is 1. The normalized spacial score (nSPS) is 12.7. The first-order valence-electron chi connectivity index (χ1n) is 10.3. The Morgan fingerprint density at radius 2 is 1.80 bits per heavy atom. The lowest BCUT2D eigenvalue weighted by atomic mass is 10.1. The van der Waals surface area contributed by atoms with Gasteiger partial charge in [0.2, 0.25) is 5.91 Å². The molecular weight excluding hydrogens is 400 g/mol. The van der Waals surface area contributed by atoms with Crippen molar-refractivity contribution in [2.75, 3.05) is 6.61 Å². The van der Waals surface area contributed by atoms with E-state index in [9.17, 15) is 9.59 Å². The molecule has 0 saturated carbocycles. The van der Waals surface area contributed by atoms with Crippen LogP contribution in [0.3, 0.4) is 0 Å². The highest BCUT2D eigenvalue weighted by molar-refractivity contribution is 6.31. The molecular formula is C24H31ClN2O3. The smallest absolute Gasteiger partial charge is 0.261 e. The average molecular weight is 431 g/mol. The molecule has 0 radical (unpaired) electrons. The van der Waals surface area contributed by atoms with Crippen molar-refractivity contribution >= 4 is 23.4 Å². The van der Waals surface area contributed by atoms with Crippen LogP contribution in [0.15, 0.2) is 42.5 Å². The number of amides is 2. The number of rotatable bonds is 9. The molecule has 2 amide bonds. The molecule has 0 saturated heterocycles. The van der Waals surface area contributed by atoms with E-state index in [-0.39, 0.29) is 31.0 Å². The van der Waals surface area contributed by atoms with Gasteiger partial charge < -0.3 is 15.0 Å². The third kappa shape index (κ3) is 6.49. The van der Waals surface area contributed by atoms with Gasteiger partial charge in [0.25, 0.3) is 5.91 Å². The molecule has 0 aliphatic carbocycles. The number of nitrogens with one attached hydrogen (secondary N) is 1. The van der Waals surface area contributed by atoms with E-state index in [2.05, 4.69) is 5.32 Å². The van der Waals surface area contributed by atoms with Gasteiger partial charge in [-0.25, -0.2) is 0 Å². The maximum absolute atomic E-state index is 13.1. The van der Waals surface area contributed by atoms with Gasteiger partial charge >= 0.3 is 0 Å². The number of benzene rings is 2. The Hall–Kier alpha value is -2.53. The fraction of sp³-hybridized carbons (Fsp3) is 0.417. The van der Waals surface area contributed by atoms with Gasteiger partial charge in [-0.2, -0.15) is 0 Å². The SMILES string of the molecule is CCC(C)NC(=O)C(C)N(Cc1ccccc1Cl)C(=O)COc1ccc(C)c(C)c1. The van der Waals surface area contributed by atoms with Crippen molar-refractivity contribution in [1.29, 1.82) is 0 Å². The molecule has 2 atom stereocenters. The molecule has 0 heterocycles. The molecule has 0 spiro atoms. The first-order chi connectivity index (χ1) is 14.2. The lowest BCUT2D eigenvalue weighted by Crippen LogP contribution is -2.50. The van der Waals surface area contributed by atoms with E-state index >= 15 is 0 Å². The Bertz CT molecular complexity index is 885. The highest BCUT2D eigenvalue weighted by atomic mass is 35.5. The molecule has 5 nitrogen and oxygen atoms in total. The van der Waals surface area contributed by atoms with Gasteiger partial charge in [-0.3, -0.25) is 9.59 Å². The van der Waals surface area contributed by atoms with E-state index in [1.807, 2.05) is 64.1 Å². The second kappa shape index (κ2) is 11.0. The van der Waals surface area contributed by atoms with Crippen LogP contribution < -0.4 is 10.1 Å². The molecule has 0 bridgehead atoms. The molecule has 2 rings (SSSR count). The van der Waals surface area contributed by atoms with Gasteiger partial charge in [-0.15, -0.1) is 0 Å². The Labute approximate surface area is 184 Å². The zero-order valence-electron chi connectivity index (χ0n) is 18.4. The predicted molar refractivity (Wildman–Crippen MR) is 121 cm³/mol. The van der Waals surface area contributed by atoms with Gasteiger partial charge in [0.15, 0.2) is 6.61 Å². The molecule has 2 aromatic rings. The van der Waals surface area contributed by atoms with Crippen LogP contribution >= 0.6 is 11.6 Å². The number of nitrogens with zero attached hydrogens (tertiary/aromatic N) is 1. The number of carbonyl (C=O) groups is 2. The fourth-order valence-electron chi connectivity index (χ4n) is 2.89. The third-order valence-electron chi connectivity index (χ3n) is 5.31. The van der Waals surface area contributed by atoms with Crippen LogP contribution in [-0.2, 0) is 16.1 Å². The van der Waals surface area contributed by atoms with Crippen molar-refractivity contribution in [1.82, 2.24) is 10.2 Å². The summed E-state index contributed by atoms with van der Waals surface area (Å²) < 4.78 is 5.73. The summed E-state index contributed by atoms with van der Waals surface area (Å²) in [5.41, 5.74) is 3.03. The summed E-state index contributed by atoms with van der Waals surface area (Å²) in [5, 5.41) is 3.50. The summed E-state index contributed by atoms with van der Waals surface area (Å²) in [6.45, 7) is 9.75. The molecule has 2 aromatic carbocycles. The Morgan fingerprint density at radius 1 is 1.10 bits per heavy atom. The third-order valence-corrected chi connectivity index (χ3v) is 5.68. The van der Waals surface area contributed by atoms with Crippen LogP contribution in [0.2, 0.25) is 5.02 Å². The van der Waals surface area contributed by atoms with Crippen molar-refractivity contribution < 1.29 is 14.3 Å². The van der Waals surface area contributed by atoms with Crippen molar-refractivity contribution in [2.24, 2.45) is 0 Å². The minimum Gasteiger partial charge on any atom is -0.484 e. The van der Waals surface area contributed by atoms with Crippen LogP contribution in [0.4, 0.5) is 0 Å². The largest absolute Gasteiger partial charge is 0.484 e. The number of carbonyl (C=O) groups excluding carboxylic acids is 2. The summed E-state index contributed by atoms with van der Waals surface area (Å²) in [6.07, 6.45) is 0.812. The first-order valence-corrected chi connectivity index (χ1v) is 10.6. The number of aryl methyl sites for hydroxylation is 2. The van der Waals surface area contributed by atoms with Crippen molar-refractivity contribution in [3.8, 4) is 5.75 Å². The predicted octanol–water partition coefficient (Wildman–Crippen LogP) is 4.67. The van der Waals surface area contributed by atoms with Crippen molar-refractivity contribution in [2.45, 2.75) is 59.7 Å². The molecule has 162 valence electrons. The zero-order chi connectivity index (χ0) is 22.3. The molecule has 2 unspecified atom stereocenters. The monoisotopic (exact) mass is 430 g/mol. The molecule has 1 N–H and O–H groups in total. The Kier molecular flexibility index (Phi) is 8.72. The highest BCUT2D eigenvalue weighted by Gasteiger charge is 2.27. The van der Waals surface area contributed by atoms with Crippen molar-refractivity contribution in [3.63, 3.8) is 0 Å². The molecule has 0 aromatic heterocycles. The molecule has 6 heteroatoms. The van der Waals surface area contributed by atoms with Crippen LogP contribution in [-0.4, -0.2) is 35.4 Å². The maximum Gasteiger partial charge on any atom is 0.261 e. The Morgan fingerprint density at radius 3 is 2.43 bits per heavy atom. The van der Waals surface area contributed by atoms with Crippen LogP contribution in [0.1, 0.15) is 43.9 Å². The van der Waals surface area contributed by atoms with Crippen molar-refractivity contribution in [3.05, 3.63) is 64.2 Å². The lowest BCUT2D eigenvalue weighted by Gasteiger charge is -2.30. The minimum atomic E-state index is -0.661. The standard InChI is InChI=1S/C24H31ClN2O3/c1-6-18(4)26-24(29)19(5)27(14-20-9-7-8-10-22(20)25)23(28)15-30-21-12-11-16(2)17(3)13-21/h7-13,18-19H,6,14-15H2,1-5H3,(H,26,29). The summed E-state index contributed by atoms with van der Waals surface area (Å²) in [4.78, 5) is 27.3.